The van der Waals surface area contributed by atoms with Crippen molar-refractivity contribution in [3.8, 4) is 0 Å². The number of aryl methyl sites for hydroxylation is 1. The molecule has 0 bridgehead atoms. The number of fused-ring (bicyclic) bond motifs is 1. The average molecular weight is 326 g/mol. The van der Waals surface area contributed by atoms with E-state index in [0.717, 1.165) is 5.69 Å². The minimum atomic E-state index is -4.22. The van der Waals surface area contributed by atoms with Crippen molar-refractivity contribution in [3.05, 3.63) is 30.5 Å². The van der Waals surface area contributed by atoms with E-state index >= 15 is 0 Å². The third-order valence-electron chi connectivity index (χ3n) is 3.39. The van der Waals surface area contributed by atoms with Crippen LogP contribution in [-0.2, 0) is 15.8 Å². The Balaban J connectivity index is 2.16. The Kier molecular flexibility index (Phi) is 4.49. The smallest absolute Gasteiger partial charge is 0.351 e. The Hall–Kier alpha value is -1.60. The summed E-state index contributed by atoms with van der Waals surface area (Å²) in [4.78, 5) is 30.4. The second-order valence-corrected chi connectivity index (χ2v) is 7.14. The van der Waals surface area contributed by atoms with Crippen LogP contribution in [-0.4, -0.2) is 41.3 Å². The van der Waals surface area contributed by atoms with Crippen molar-refractivity contribution in [2.45, 2.75) is 32.9 Å². The number of ether oxygens (including phenoxy) is 1. The molecule has 0 aliphatic heterocycles. The number of nitrogens with zero attached hydrogens (tertiary/aromatic N) is 4. The van der Waals surface area contributed by atoms with Gasteiger partial charge >= 0.3 is 7.60 Å². The topological polar surface area (TPSA) is 110 Å². The summed E-state index contributed by atoms with van der Waals surface area (Å²) in [6.45, 7) is 9.61. The molecule has 8 nitrogen and oxygen atoms in total. The van der Waals surface area contributed by atoms with E-state index in [-0.39, 0.29) is 0 Å². The maximum Gasteiger partial charge on any atom is 0.351 e. The molecule has 22 heavy (non-hydrogen) atoms. The third kappa shape index (κ3) is 3.78. The molecule has 0 amide bonds. The number of rotatable bonds is 6. The Morgan fingerprint density at radius 1 is 1.41 bits per heavy atom. The van der Waals surface area contributed by atoms with E-state index < -0.39 is 19.5 Å². The molecule has 0 radical (unpaired) electrons. The van der Waals surface area contributed by atoms with Crippen molar-refractivity contribution in [2.75, 3.05) is 6.35 Å². The molecule has 0 saturated heterocycles. The lowest BCUT2D eigenvalue weighted by atomic mass is 9.99. The van der Waals surface area contributed by atoms with Crippen molar-refractivity contribution in [3.63, 3.8) is 0 Å². The van der Waals surface area contributed by atoms with Crippen LogP contribution in [0.25, 0.3) is 11.2 Å². The average Bonchev–Trinajstić information content (AvgIpc) is 2.81. The van der Waals surface area contributed by atoms with Gasteiger partial charge in [-0.2, -0.15) is 0 Å². The molecule has 0 unspecified atom stereocenters. The molecular weight excluding hydrogens is 307 g/mol. The van der Waals surface area contributed by atoms with Crippen LogP contribution in [0.15, 0.2) is 24.8 Å². The second kappa shape index (κ2) is 5.89. The van der Waals surface area contributed by atoms with Gasteiger partial charge in [-0.05, 0) is 26.3 Å². The van der Waals surface area contributed by atoms with Gasteiger partial charge in [0.05, 0.1) is 17.6 Å². The predicted molar refractivity (Wildman–Crippen MR) is 81.3 cm³/mol. The molecule has 2 aromatic heterocycles. The minimum absolute atomic E-state index is 0.376. The van der Waals surface area contributed by atoms with Crippen molar-refractivity contribution in [1.29, 1.82) is 0 Å². The molecule has 2 N–H and O–H groups in total. The summed E-state index contributed by atoms with van der Waals surface area (Å²) in [7, 11) is -4.22. The van der Waals surface area contributed by atoms with Crippen LogP contribution in [0, 0.1) is 6.92 Å². The van der Waals surface area contributed by atoms with Crippen LogP contribution < -0.4 is 0 Å². The molecule has 0 atom stereocenters. The zero-order valence-corrected chi connectivity index (χ0v) is 13.6. The number of hydrogen-bond donors (Lipinski definition) is 2. The van der Waals surface area contributed by atoms with Gasteiger partial charge < -0.3 is 19.1 Å². The summed E-state index contributed by atoms with van der Waals surface area (Å²) in [6.07, 6.45) is 2.45. The molecular formula is C13H19N4O4P. The maximum atomic E-state index is 10.9. The molecule has 120 valence electrons. The summed E-state index contributed by atoms with van der Waals surface area (Å²) >= 11 is 0. The zero-order valence-electron chi connectivity index (χ0n) is 12.7. The first-order valence-electron chi connectivity index (χ1n) is 6.59. The van der Waals surface area contributed by atoms with E-state index in [1.54, 1.807) is 24.7 Å². The summed E-state index contributed by atoms with van der Waals surface area (Å²) < 4.78 is 18.0. The van der Waals surface area contributed by atoms with Crippen LogP contribution in [0.4, 0.5) is 0 Å². The molecule has 2 aromatic rings. The van der Waals surface area contributed by atoms with Crippen LogP contribution in [0.1, 0.15) is 19.5 Å². The van der Waals surface area contributed by atoms with Crippen molar-refractivity contribution >= 4 is 18.8 Å². The Morgan fingerprint density at radius 3 is 2.73 bits per heavy atom. The lowest BCUT2D eigenvalue weighted by Gasteiger charge is -2.28. The molecule has 0 aliphatic rings. The molecule has 0 saturated carbocycles. The molecule has 0 fully saturated rings. The molecule has 2 heterocycles. The van der Waals surface area contributed by atoms with Crippen molar-refractivity contribution in [2.24, 2.45) is 0 Å². The highest BCUT2D eigenvalue weighted by molar-refractivity contribution is 7.51. The highest BCUT2D eigenvalue weighted by Gasteiger charge is 2.27. The van der Waals surface area contributed by atoms with Crippen LogP contribution in [0.5, 0.6) is 0 Å². The molecule has 2 rings (SSSR count). The summed E-state index contributed by atoms with van der Waals surface area (Å²) in [5, 5.41) is 0. The Labute approximate surface area is 128 Å². The molecule has 0 aliphatic carbocycles. The highest BCUT2D eigenvalue weighted by atomic mass is 31.2. The number of aromatic nitrogens is 4. The van der Waals surface area contributed by atoms with Gasteiger partial charge in [-0.25, -0.2) is 15.0 Å². The van der Waals surface area contributed by atoms with Gasteiger partial charge in [0.2, 0.25) is 0 Å². The Morgan fingerprint density at radius 2 is 2.09 bits per heavy atom. The van der Waals surface area contributed by atoms with Crippen LogP contribution >= 0.6 is 7.60 Å². The van der Waals surface area contributed by atoms with Crippen molar-refractivity contribution < 1.29 is 19.1 Å². The SMILES string of the molecule is C=C(Cn1cnc2c(C)ncnc21)C(C)(C)OCP(=O)(O)O. The molecule has 0 aromatic carbocycles. The summed E-state index contributed by atoms with van der Waals surface area (Å²) in [5.74, 6) is 0. The first kappa shape index (κ1) is 16.8. The normalized spacial score (nSPS) is 12.8. The lowest BCUT2D eigenvalue weighted by Crippen LogP contribution is -2.29. The van der Waals surface area contributed by atoms with E-state index in [0.29, 0.717) is 23.3 Å². The van der Waals surface area contributed by atoms with Crippen LogP contribution in [0.2, 0.25) is 0 Å². The number of hydrogen-bond acceptors (Lipinski definition) is 5. The fourth-order valence-corrected chi connectivity index (χ4v) is 2.35. The minimum Gasteiger partial charge on any atom is -0.359 e. The monoisotopic (exact) mass is 326 g/mol. The quantitative estimate of drug-likeness (QED) is 0.613. The van der Waals surface area contributed by atoms with Crippen LogP contribution in [0.3, 0.4) is 0 Å². The van der Waals surface area contributed by atoms with Crippen molar-refractivity contribution in [1.82, 2.24) is 19.5 Å². The fourth-order valence-electron chi connectivity index (χ4n) is 1.86. The fraction of sp³-hybridized carbons (Fsp3) is 0.462. The van der Waals surface area contributed by atoms with Gasteiger partial charge in [0.25, 0.3) is 0 Å². The summed E-state index contributed by atoms with van der Waals surface area (Å²) in [5.41, 5.74) is 1.94. The third-order valence-corrected chi connectivity index (χ3v) is 3.86. The maximum absolute atomic E-state index is 10.9. The molecule has 9 heteroatoms. The number of imidazole rings is 1. The van der Waals surface area contributed by atoms with Gasteiger partial charge in [-0.1, -0.05) is 6.58 Å². The Bertz CT molecular complexity index is 750. The highest BCUT2D eigenvalue weighted by Crippen LogP contribution is 2.37. The van der Waals surface area contributed by atoms with E-state index in [2.05, 4.69) is 21.5 Å². The van der Waals surface area contributed by atoms with Gasteiger partial charge in [-0.15, -0.1) is 0 Å². The second-order valence-electron chi connectivity index (χ2n) is 5.56. The first-order valence-corrected chi connectivity index (χ1v) is 8.39. The standard InChI is InChI=1S/C13H19N4O4P/c1-9(13(3,4)21-8-22(18,19)20)5-17-7-16-11-10(2)14-6-15-12(11)17/h6-7H,1,5,8H2,2-4H3,(H2,18,19,20). The van der Waals surface area contributed by atoms with Gasteiger partial charge in [0.1, 0.15) is 18.2 Å². The lowest BCUT2D eigenvalue weighted by molar-refractivity contribution is 0.0284. The molecule has 0 spiro atoms. The van der Waals surface area contributed by atoms with Gasteiger partial charge in [0.15, 0.2) is 5.65 Å². The predicted octanol–water partition coefficient (Wildman–Crippen LogP) is 1.62. The van der Waals surface area contributed by atoms with E-state index in [9.17, 15) is 4.57 Å². The summed E-state index contributed by atoms with van der Waals surface area (Å²) in [6, 6.07) is 0. The van der Waals surface area contributed by atoms with E-state index in [1.807, 2.05) is 6.92 Å². The van der Waals surface area contributed by atoms with Gasteiger partial charge in [0, 0.05) is 6.54 Å². The van der Waals surface area contributed by atoms with E-state index in [4.69, 9.17) is 14.5 Å². The van der Waals surface area contributed by atoms with E-state index in [1.165, 1.54) is 6.33 Å². The first-order chi connectivity index (χ1) is 10.1. The van der Waals surface area contributed by atoms with Gasteiger partial charge in [-0.3, -0.25) is 4.57 Å². The largest absolute Gasteiger partial charge is 0.359 e. The zero-order chi connectivity index (χ0) is 16.5.